The number of anilines is 1. The molecule has 0 aliphatic rings. The molecule has 0 fully saturated rings. The molecule has 0 aliphatic carbocycles. The maximum Gasteiger partial charge on any atom is 0.234 e. The number of nitrogens with one attached hydrogen (secondary N) is 1. The van der Waals surface area contributed by atoms with E-state index in [-0.39, 0.29) is 5.91 Å². The van der Waals surface area contributed by atoms with Crippen LogP contribution in [0.1, 0.15) is 6.92 Å². The van der Waals surface area contributed by atoms with Crippen molar-refractivity contribution >= 4 is 23.4 Å². The van der Waals surface area contributed by atoms with Crippen LogP contribution < -0.4 is 10.1 Å². The molecule has 3 aromatic rings. The van der Waals surface area contributed by atoms with Crippen molar-refractivity contribution in [3.63, 3.8) is 0 Å². The molecule has 5 nitrogen and oxygen atoms in total. The fraction of sp³-hybridized carbons (Fsp3) is 0.200. The lowest BCUT2D eigenvalue weighted by Crippen LogP contribution is -2.14. The van der Waals surface area contributed by atoms with E-state index < -0.39 is 0 Å². The molecule has 6 heteroatoms. The Morgan fingerprint density at radius 2 is 1.88 bits per heavy atom. The number of aromatic nitrogens is 2. The summed E-state index contributed by atoms with van der Waals surface area (Å²) in [6, 6.07) is 17.3. The number of benzene rings is 2. The number of thioether (sulfide) groups is 1. The third-order valence-corrected chi connectivity index (χ3v) is 4.90. The van der Waals surface area contributed by atoms with Gasteiger partial charge in [0.05, 0.1) is 24.8 Å². The molecular weight excluding hydrogens is 346 g/mol. The molecule has 1 N–H and O–H groups in total. The Labute approximate surface area is 157 Å². The molecule has 0 unspecified atom stereocenters. The monoisotopic (exact) mass is 367 g/mol. The molecule has 3 rings (SSSR count). The fourth-order valence-corrected chi connectivity index (χ4v) is 3.46. The van der Waals surface area contributed by atoms with Gasteiger partial charge in [-0.1, -0.05) is 30.0 Å². The van der Waals surface area contributed by atoms with Crippen molar-refractivity contribution in [2.75, 3.05) is 18.2 Å². The topological polar surface area (TPSA) is 56.2 Å². The zero-order chi connectivity index (χ0) is 18.4. The van der Waals surface area contributed by atoms with E-state index in [4.69, 9.17) is 4.74 Å². The van der Waals surface area contributed by atoms with Gasteiger partial charge in [0.25, 0.3) is 0 Å². The first kappa shape index (κ1) is 18.1. The van der Waals surface area contributed by atoms with Gasteiger partial charge in [-0.15, -0.1) is 0 Å². The smallest absolute Gasteiger partial charge is 0.234 e. The lowest BCUT2D eigenvalue weighted by Gasteiger charge is -2.10. The predicted octanol–water partition coefficient (Wildman–Crippen LogP) is 4.31. The molecular formula is C20H21N3O2S. The Morgan fingerprint density at radius 1 is 1.15 bits per heavy atom. The molecule has 0 saturated carbocycles. The van der Waals surface area contributed by atoms with Crippen molar-refractivity contribution < 1.29 is 9.53 Å². The van der Waals surface area contributed by atoms with E-state index >= 15 is 0 Å². The van der Waals surface area contributed by atoms with Crippen molar-refractivity contribution in [1.29, 1.82) is 0 Å². The summed E-state index contributed by atoms with van der Waals surface area (Å²) in [4.78, 5) is 16.6. The summed E-state index contributed by atoms with van der Waals surface area (Å²) >= 11 is 1.44. The van der Waals surface area contributed by atoms with Gasteiger partial charge in [-0.3, -0.25) is 4.79 Å². The predicted molar refractivity (Wildman–Crippen MR) is 106 cm³/mol. The number of hydrogen-bond donors (Lipinski definition) is 1. The lowest BCUT2D eigenvalue weighted by molar-refractivity contribution is -0.113. The van der Waals surface area contributed by atoms with Crippen molar-refractivity contribution in [1.82, 2.24) is 9.55 Å². The number of imidazole rings is 1. The first-order valence-electron chi connectivity index (χ1n) is 8.39. The van der Waals surface area contributed by atoms with E-state index in [0.717, 1.165) is 34.4 Å². The number of amides is 1. The van der Waals surface area contributed by atoms with Gasteiger partial charge in [-0.05, 0) is 43.3 Å². The first-order chi connectivity index (χ1) is 12.7. The average molecular weight is 367 g/mol. The molecule has 0 aliphatic heterocycles. The van der Waals surface area contributed by atoms with Gasteiger partial charge in [0.2, 0.25) is 5.91 Å². The fourth-order valence-electron chi connectivity index (χ4n) is 2.62. The van der Waals surface area contributed by atoms with Gasteiger partial charge in [0, 0.05) is 17.8 Å². The largest absolute Gasteiger partial charge is 0.497 e. The van der Waals surface area contributed by atoms with Crippen LogP contribution in [-0.2, 0) is 11.3 Å². The second kappa shape index (κ2) is 8.58. The Kier molecular flexibility index (Phi) is 5.96. The summed E-state index contributed by atoms with van der Waals surface area (Å²) in [5, 5.41) is 3.72. The molecule has 0 saturated heterocycles. The number of carbonyl (C=O) groups is 1. The van der Waals surface area contributed by atoms with Crippen LogP contribution in [0.3, 0.4) is 0 Å². The highest BCUT2D eigenvalue weighted by Crippen LogP contribution is 2.27. The zero-order valence-corrected chi connectivity index (χ0v) is 15.6. The normalized spacial score (nSPS) is 10.5. The van der Waals surface area contributed by atoms with Crippen LogP contribution in [-0.4, -0.2) is 28.3 Å². The number of methoxy groups -OCH3 is 1. The first-order valence-corrected chi connectivity index (χ1v) is 9.37. The molecule has 0 radical (unpaired) electrons. The summed E-state index contributed by atoms with van der Waals surface area (Å²) < 4.78 is 7.32. The average Bonchev–Trinajstić information content (AvgIpc) is 3.10. The van der Waals surface area contributed by atoms with E-state index in [1.807, 2.05) is 60.8 Å². The number of rotatable bonds is 7. The van der Waals surface area contributed by atoms with Crippen LogP contribution in [0, 0.1) is 0 Å². The van der Waals surface area contributed by atoms with Crippen LogP contribution in [0.5, 0.6) is 5.75 Å². The molecule has 1 amide bonds. The Hall–Kier alpha value is -2.73. The third kappa shape index (κ3) is 4.26. The highest BCUT2D eigenvalue weighted by molar-refractivity contribution is 7.99. The zero-order valence-electron chi connectivity index (χ0n) is 14.8. The van der Waals surface area contributed by atoms with E-state index in [1.54, 1.807) is 7.11 Å². The van der Waals surface area contributed by atoms with Crippen LogP contribution in [0.15, 0.2) is 66.0 Å². The van der Waals surface area contributed by atoms with Gasteiger partial charge in [0.15, 0.2) is 5.16 Å². The van der Waals surface area contributed by atoms with E-state index in [9.17, 15) is 4.79 Å². The quantitative estimate of drug-likeness (QED) is 0.632. The molecule has 1 heterocycles. The van der Waals surface area contributed by atoms with Gasteiger partial charge in [-0.2, -0.15) is 0 Å². The number of hydrogen-bond acceptors (Lipinski definition) is 4. The van der Waals surface area contributed by atoms with Crippen LogP contribution in [0.25, 0.3) is 11.3 Å². The molecule has 2 aromatic carbocycles. The highest BCUT2D eigenvalue weighted by Gasteiger charge is 2.13. The summed E-state index contributed by atoms with van der Waals surface area (Å²) in [5.74, 6) is 1.09. The van der Waals surface area contributed by atoms with E-state index in [2.05, 4.69) is 21.8 Å². The third-order valence-electron chi connectivity index (χ3n) is 3.91. The van der Waals surface area contributed by atoms with Gasteiger partial charge in [-0.25, -0.2) is 4.98 Å². The van der Waals surface area contributed by atoms with Gasteiger partial charge < -0.3 is 14.6 Å². The van der Waals surface area contributed by atoms with E-state index in [1.165, 1.54) is 11.8 Å². The molecule has 134 valence electrons. The summed E-state index contributed by atoms with van der Waals surface area (Å²) in [5.41, 5.74) is 2.90. The molecule has 0 atom stereocenters. The molecule has 0 bridgehead atoms. The van der Waals surface area contributed by atoms with Crippen LogP contribution in [0.4, 0.5) is 5.69 Å². The highest BCUT2D eigenvalue weighted by atomic mass is 32.2. The number of para-hydroxylation sites is 1. The number of nitrogens with zero attached hydrogens (tertiary/aromatic N) is 2. The minimum atomic E-state index is -0.0437. The molecule has 0 spiro atoms. The van der Waals surface area contributed by atoms with Crippen LogP contribution >= 0.6 is 11.8 Å². The van der Waals surface area contributed by atoms with Crippen molar-refractivity contribution in [2.24, 2.45) is 0 Å². The van der Waals surface area contributed by atoms with Crippen molar-refractivity contribution in [2.45, 2.75) is 18.6 Å². The minimum Gasteiger partial charge on any atom is -0.497 e. The maximum absolute atomic E-state index is 12.1. The Bertz CT molecular complexity index is 861. The lowest BCUT2D eigenvalue weighted by atomic mass is 10.1. The summed E-state index contributed by atoms with van der Waals surface area (Å²) in [7, 11) is 1.65. The second-order valence-corrected chi connectivity index (χ2v) is 6.54. The van der Waals surface area contributed by atoms with E-state index in [0.29, 0.717) is 5.75 Å². The maximum atomic E-state index is 12.1. The Morgan fingerprint density at radius 3 is 2.54 bits per heavy atom. The molecule has 26 heavy (non-hydrogen) atoms. The molecule has 1 aromatic heterocycles. The summed E-state index contributed by atoms with van der Waals surface area (Å²) in [6.07, 6.45) is 1.85. The van der Waals surface area contributed by atoms with Gasteiger partial charge in [0.1, 0.15) is 5.75 Å². The SMILES string of the molecule is CCn1c(-c2ccc(OC)cc2)cnc1SCC(=O)Nc1ccccc1. The Balaban J connectivity index is 1.68. The number of carbonyl (C=O) groups excluding carboxylic acids is 1. The number of ether oxygens (including phenoxy) is 1. The van der Waals surface area contributed by atoms with Crippen molar-refractivity contribution in [3.8, 4) is 17.0 Å². The standard InChI is InChI=1S/C20H21N3O2S/c1-3-23-18(15-9-11-17(25-2)12-10-15)13-21-20(23)26-14-19(24)22-16-7-5-4-6-8-16/h4-13H,3,14H2,1-2H3,(H,22,24). The summed E-state index contributed by atoms with van der Waals surface area (Å²) in [6.45, 7) is 2.85. The second-order valence-electron chi connectivity index (χ2n) is 5.60. The van der Waals surface area contributed by atoms with Gasteiger partial charge >= 0.3 is 0 Å². The van der Waals surface area contributed by atoms with Crippen molar-refractivity contribution in [3.05, 3.63) is 60.8 Å². The minimum absolute atomic E-state index is 0.0437. The van der Waals surface area contributed by atoms with Crippen LogP contribution in [0.2, 0.25) is 0 Å².